The van der Waals surface area contributed by atoms with Crippen molar-refractivity contribution in [1.29, 1.82) is 0 Å². The summed E-state index contributed by atoms with van der Waals surface area (Å²) < 4.78 is 10.9. The molecule has 136 valence electrons. The number of anilines is 1. The number of hydrogen-bond donors (Lipinski definition) is 0. The van der Waals surface area contributed by atoms with Crippen molar-refractivity contribution in [2.75, 3.05) is 18.1 Å². The second-order valence-corrected chi connectivity index (χ2v) is 6.60. The molecular formula is C21H23NO4. The maximum absolute atomic E-state index is 12.3. The minimum atomic E-state index is -0.442. The van der Waals surface area contributed by atoms with E-state index in [-0.39, 0.29) is 25.5 Å². The van der Waals surface area contributed by atoms with Gasteiger partial charge >= 0.3 is 5.97 Å². The molecule has 0 spiro atoms. The van der Waals surface area contributed by atoms with Gasteiger partial charge in [0.25, 0.3) is 0 Å². The molecule has 0 bridgehead atoms. The monoisotopic (exact) mass is 353 g/mol. The van der Waals surface area contributed by atoms with Crippen molar-refractivity contribution >= 4 is 17.6 Å². The van der Waals surface area contributed by atoms with E-state index in [0.717, 1.165) is 5.56 Å². The van der Waals surface area contributed by atoms with Crippen LogP contribution in [0.3, 0.4) is 0 Å². The second-order valence-electron chi connectivity index (χ2n) is 6.60. The number of para-hydroxylation sites is 2. The van der Waals surface area contributed by atoms with E-state index in [2.05, 4.69) is 13.8 Å². The fourth-order valence-corrected chi connectivity index (χ4v) is 2.83. The van der Waals surface area contributed by atoms with Gasteiger partial charge in [-0.1, -0.05) is 50.2 Å². The van der Waals surface area contributed by atoms with Gasteiger partial charge in [0.2, 0.25) is 5.91 Å². The van der Waals surface area contributed by atoms with Gasteiger partial charge in [-0.3, -0.25) is 14.5 Å². The van der Waals surface area contributed by atoms with E-state index in [0.29, 0.717) is 24.0 Å². The summed E-state index contributed by atoms with van der Waals surface area (Å²) in [6, 6.07) is 15.2. The van der Waals surface area contributed by atoms with E-state index in [1.54, 1.807) is 12.1 Å². The Labute approximate surface area is 153 Å². The normalized spacial score (nSPS) is 13.8. The molecule has 1 heterocycles. The first kappa shape index (κ1) is 18.0. The molecule has 5 nitrogen and oxygen atoms in total. The average molecular weight is 353 g/mol. The molecule has 1 amide bonds. The summed E-state index contributed by atoms with van der Waals surface area (Å²) in [7, 11) is 0. The van der Waals surface area contributed by atoms with Crippen molar-refractivity contribution in [3.05, 3.63) is 59.7 Å². The minimum Gasteiger partial charge on any atom is -0.491 e. The van der Waals surface area contributed by atoms with E-state index in [1.807, 2.05) is 36.4 Å². The molecule has 0 saturated heterocycles. The van der Waals surface area contributed by atoms with Gasteiger partial charge in [0.15, 0.2) is 0 Å². The highest BCUT2D eigenvalue weighted by Crippen LogP contribution is 2.30. The number of rotatable bonds is 5. The number of esters is 1. The number of ether oxygens (including phenoxy) is 2. The quantitative estimate of drug-likeness (QED) is 0.770. The summed E-state index contributed by atoms with van der Waals surface area (Å²) in [6.45, 7) is 4.65. The molecule has 5 heteroatoms. The van der Waals surface area contributed by atoms with Gasteiger partial charge in [-0.15, -0.1) is 0 Å². The van der Waals surface area contributed by atoms with E-state index in [9.17, 15) is 9.59 Å². The minimum absolute atomic E-state index is 0.122. The van der Waals surface area contributed by atoms with Gasteiger partial charge in [0.05, 0.1) is 18.7 Å². The van der Waals surface area contributed by atoms with Crippen molar-refractivity contribution < 1.29 is 19.1 Å². The maximum atomic E-state index is 12.3. The summed E-state index contributed by atoms with van der Waals surface area (Å²) in [6.07, 6.45) is 0.235. The average Bonchev–Trinajstić information content (AvgIpc) is 2.80. The van der Waals surface area contributed by atoms with Crippen molar-refractivity contribution in [3.8, 4) is 5.75 Å². The highest BCUT2D eigenvalue weighted by Gasteiger charge is 2.25. The smallest absolute Gasteiger partial charge is 0.326 e. The standard InChI is InChI=1S/C21H23NO4/c1-15(2)17-9-7-16(8-10-17)14-26-21(24)13-22-18-5-3-4-6-19(18)25-12-11-20(22)23/h3-10,15H,11-14H2,1-2H3. The largest absolute Gasteiger partial charge is 0.491 e. The lowest BCUT2D eigenvalue weighted by Crippen LogP contribution is -2.36. The third-order valence-corrected chi connectivity index (χ3v) is 4.36. The Hall–Kier alpha value is -2.82. The Morgan fingerprint density at radius 2 is 1.88 bits per heavy atom. The predicted octanol–water partition coefficient (Wildman–Crippen LogP) is 3.67. The van der Waals surface area contributed by atoms with Crippen LogP contribution in [0.1, 0.15) is 37.3 Å². The van der Waals surface area contributed by atoms with Crippen molar-refractivity contribution in [2.45, 2.75) is 32.8 Å². The number of nitrogens with zero attached hydrogens (tertiary/aromatic N) is 1. The Balaban J connectivity index is 1.63. The van der Waals surface area contributed by atoms with Crippen LogP contribution in [0.5, 0.6) is 5.75 Å². The first-order chi connectivity index (χ1) is 12.5. The highest BCUT2D eigenvalue weighted by atomic mass is 16.5. The molecule has 1 aliphatic heterocycles. The Kier molecular flexibility index (Phi) is 5.56. The van der Waals surface area contributed by atoms with E-state index in [1.165, 1.54) is 10.5 Å². The topological polar surface area (TPSA) is 55.8 Å². The number of amides is 1. The summed E-state index contributed by atoms with van der Waals surface area (Å²) in [5.74, 6) is 0.481. The third kappa shape index (κ3) is 4.23. The van der Waals surface area contributed by atoms with Crippen LogP contribution in [0.4, 0.5) is 5.69 Å². The molecular weight excluding hydrogens is 330 g/mol. The van der Waals surface area contributed by atoms with Crippen LogP contribution in [-0.4, -0.2) is 25.0 Å². The second kappa shape index (κ2) is 8.04. The fourth-order valence-electron chi connectivity index (χ4n) is 2.83. The molecule has 3 rings (SSSR count). The molecule has 26 heavy (non-hydrogen) atoms. The number of fused-ring (bicyclic) bond motifs is 1. The number of carbonyl (C=O) groups is 2. The highest BCUT2D eigenvalue weighted by molar-refractivity contribution is 5.99. The molecule has 0 radical (unpaired) electrons. The predicted molar refractivity (Wildman–Crippen MR) is 99.2 cm³/mol. The SMILES string of the molecule is CC(C)c1ccc(COC(=O)CN2C(=O)CCOc3ccccc32)cc1. The first-order valence-corrected chi connectivity index (χ1v) is 8.81. The van der Waals surface area contributed by atoms with Gasteiger partial charge in [-0.2, -0.15) is 0 Å². The zero-order valence-electron chi connectivity index (χ0n) is 15.1. The summed E-state index contributed by atoms with van der Waals surface area (Å²) in [5, 5.41) is 0. The summed E-state index contributed by atoms with van der Waals surface area (Å²) in [5.41, 5.74) is 2.77. The Bertz CT molecular complexity index is 783. The van der Waals surface area contributed by atoms with E-state index < -0.39 is 5.97 Å². The lowest BCUT2D eigenvalue weighted by atomic mass is 10.0. The number of hydrogen-bond acceptors (Lipinski definition) is 4. The Morgan fingerprint density at radius 1 is 1.15 bits per heavy atom. The molecule has 0 atom stereocenters. The van der Waals surface area contributed by atoms with Crippen LogP contribution in [0.2, 0.25) is 0 Å². The van der Waals surface area contributed by atoms with Gasteiger partial charge < -0.3 is 9.47 Å². The fraction of sp³-hybridized carbons (Fsp3) is 0.333. The molecule has 0 fully saturated rings. The zero-order valence-corrected chi connectivity index (χ0v) is 15.1. The van der Waals surface area contributed by atoms with Crippen LogP contribution >= 0.6 is 0 Å². The molecule has 1 aliphatic rings. The van der Waals surface area contributed by atoms with Crippen molar-refractivity contribution in [2.24, 2.45) is 0 Å². The van der Waals surface area contributed by atoms with Gasteiger partial charge in [-0.25, -0.2) is 0 Å². The number of carbonyl (C=O) groups excluding carboxylic acids is 2. The number of benzene rings is 2. The zero-order chi connectivity index (χ0) is 18.5. The van der Waals surface area contributed by atoms with Crippen LogP contribution in [0.15, 0.2) is 48.5 Å². The van der Waals surface area contributed by atoms with Crippen molar-refractivity contribution in [3.63, 3.8) is 0 Å². The van der Waals surface area contributed by atoms with Gasteiger partial charge in [0.1, 0.15) is 18.9 Å². The molecule has 0 aliphatic carbocycles. The van der Waals surface area contributed by atoms with Crippen LogP contribution < -0.4 is 9.64 Å². The van der Waals surface area contributed by atoms with Crippen LogP contribution in [0.25, 0.3) is 0 Å². The van der Waals surface area contributed by atoms with Crippen LogP contribution in [-0.2, 0) is 20.9 Å². The van der Waals surface area contributed by atoms with Crippen molar-refractivity contribution in [1.82, 2.24) is 0 Å². The van der Waals surface area contributed by atoms with Gasteiger partial charge in [0, 0.05) is 0 Å². The molecule has 2 aromatic carbocycles. The summed E-state index contributed by atoms with van der Waals surface area (Å²) in [4.78, 5) is 26.0. The maximum Gasteiger partial charge on any atom is 0.326 e. The first-order valence-electron chi connectivity index (χ1n) is 8.81. The Morgan fingerprint density at radius 3 is 2.62 bits per heavy atom. The molecule has 0 unspecified atom stereocenters. The molecule has 0 N–H and O–H groups in total. The van der Waals surface area contributed by atoms with E-state index >= 15 is 0 Å². The van der Waals surface area contributed by atoms with Gasteiger partial charge in [-0.05, 0) is 29.2 Å². The summed E-state index contributed by atoms with van der Waals surface area (Å²) >= 11 is 0. The van der Waals surface area contributed by atoms with E-state index in [4.69, 9.17) is 9.47 Å². The molecule has 0 aromatic heterocycles. The van der Waals surface area contributed by atoms with Crippen LogP contribution in [0, 0.1) is 0 Å². The lowest BCUT2D eigenvalue weighted by Gasteiger charge is -2.20. The lowest BCUT2D eigenvalue weighted by molar-refractivity contribution is -0.144. The third-order valence-electron chi connectivity index (χ3n) is 4.36. The molecule has 2 aromatic rings. The molecule has 0 saturated carbocycles.